The van der Waals surface area contributed by atoms with E-state index in [1.54, 1.807) is 12.1 Å². The maximum Gasteiger partial charge on any atom is 0.250 e. The summed E-state index contributed by atoms with van der Waals surface area (Å²) in [5.41, 5.74) is 6.03. The van der Waals surface area contributed by atoms with Crippen LogP contribution in [-0.4, -0.2) is 37.6 Å². The number of primary amides is 1. The second-order valence-electron chi connectivity index (χ2n) is 4.89. The van der Waals surface area contributed by atoms with Gasteiger partial charge in [-0.2, -0.15) is 0 Å². The lowest BCUT2D eigenvalue weighted by Crippen LogP contribution is -2.43. The van der Waals surface area contributed by atoms with Crippen molar-refractivity contribution < 1.29 is 14.3 Å². The van der Waals surface area contributed by atoms with Crippen molar-refractivity contribution in [2.24, 2.45) is 5.73 Å². The zero-order valence-electron chi connectivity index (χ0n) is 11.5. The quantitative estimate of drug-likeness (QED) is 0.760. The molecule has 0 aliphatic carbocycles. The Bertz CT molecular complexity index is 530. The second-order valence-corrected chi connectivity index (χ2v) is 5.33. The van der Waals surface area contributed by atoms with Gasteiger partial charge in [0.15, 0.2) is 0 Å². The first-order chi connectivity index (χ1) is 10.1. The van der Waals surface area contributed by atoms with E-state index in [2.05, 4.69) is 10.6 Å². The number of hydrogen-bond acceptors (Lipinski definition) is 4. The number of hydrogen-bond donors (Lipinski definition) is 3. The molecule has 2 rings (SSSR count). The van der Waals surface area contributed by atoms with Gasteiger partial charge in [0.25, 0.3) is 5.91 Å². The standard InChI is InChI=1S/C14H18ClN3O3/c15-9-3-4-12(11(6-9)14(16)20)17-7-13(19)18-10-2-1-5-21-8-10/h3-4,6,10,17H,1-2,5,7-8H2,(H2,16,20)(H,18,19). The molecular weight excluding hydrogens is 294 g/mol. The largest absolute Gasteiger partial charge is 0.379 e. The van der Waals surface area contributed by atoms with Crippen LogP contribution in [-0.2, 0) is 9.53 Å². The molecule has 6 nitrogen and oxygen atoms in total. The molecule has 4 N–H and O–H groups in total. The molecule has 1 unspecified atom stereocenters. The van der Waals surface area contributed by atoms with Gasteiger partial charge in [0.2, 0.25) is 5.91 Å². The fraction of sp³-hybridized carbons (Fsp3) is 0.429. The van der Waals surface area contributed by atoms with E-state index in [0.717, 1.165) is 19.4 Å². The highest BCUT2D eigenvalue weighted by Gasteiger charge is 2.16. The molecule has 1 aliphatic rings. The first-order valence-corrected chi connectivity index (χ1v) is 7.14. The third-order valence-electron chi connectivity index (χ3n) is 3.21. The highest BCUT2D eigenvalue weighted by atomic mass is 35.5. The Labute approximate surface area is 128 Å². The Morgan fingerprint density at radius 3 is 2.90 bits per heavy atom. The number of carbonyl (C=O) groups excluding carboxylic acids is 2. The average Bonchev–Trinajstić information content (AvgIpc) is 2.47. The van der Waals surface area contributed by atoms with E-state index in [1.807, 2.05) is 0 Å². The molecule has 0 bridgehead atoms. The first kappa shape index (κ1) is 15.6. The van der Waals surface area contributed by atoms with Crippen LogP contribution in [0.3, 0.4) is 0 Å². The lowest BCUT2D eigenvalue weighted by atomic mass is 10.1. The molecular formula is C14H18ClN3O3. The van der Waals surface area contributed by atoms with Gasteiger partial charge in [-0.25, -0.2) is 0 Å². The smallest absolute Gasteiger partial charge is 0.250 e. The molecule has 1 heterocycles. The van der Waals surface area contributed by atoms with Crippen molar-refractivity contribution >= 4 is 29.1 Å². The highest BCUT2D eigenvalue weighted by Crippen LogP contribution is 2.20. The molecule has 0 spiro atoms. The molecule has 21 heavy (non-hydrogen) atoms. The summed E-state index contributed by atoms with van der Waals surface area (Å²) in [5, 5.41) is 6.19. The van der Waals surface area contributed by atoms with Crippen LogP contribution in [0.2, 0.25) is 5.02 Å². The predicted octanol–water partition coefficient (Wildman–Crippen LogP) is 1.15. The minimum absolute atomic E-state index is 0.0499. The van der Waals surface area contributed by atoms with Crippen LogP contribution < -0.4 is 16.4 Å². The average molecular weight is 312 g/mol. The molecule has 1 aromatic rings. The Morgan fingerprint density at radius 1 is 1.43 bits per heavy atom. The Morgan fingerprint density at radius 2 is 2.24 bits per heavy atom. The van der Waals surface area contributed by atoms with E-state index in [-0.39, 0.29) is 24.1 Å². The van der Waals surface area contributed by atoms with E-state index >= 15 is 0 Å². The summed E-state index contributed by atoms with van der Waals surface area (Å²) in [7, 11) is 0. The van der Waals surface area contributed by atoms with Crippen LogP contribution in [0.25, 0.3) is 0 Å². The number of carbonyl (C=O) groups is 2. The van der Waals surface area contributed by atoms with E-state index in [9.17, 15) is 9.59 Å². The molecule has 0 aromatic heterocycles. The molecule has 1 saturated heterocycles. The van der Waals surface area contributed by atoms with Crippen molar-refractivity contribution in [2.45, 2.75) is 18.9 Å². The number of benzene rings is 1. The number of anilines is 1. The third kappa shape index (κ3) is 4.61. The van der Waals surface area contributed by atoms with E-state index in [4.69, 9.17) is 22.1 Å². The molecule has 1 fully saturated rings. The van der Waals surface area contributed by atoms with Crippen LogP contribution in [0, 0.1) is 0 Å². The fourth-order valence-electron chi connectivity index (χ4n) is 2.18. The summed E-state index contributed by atoms with van der Waals surface area (Å²) in [4.78, 5) is 23.2. The first-order valence-electron chi connectivity index (χ1n) is 6.76. The summed E-state index contributed by atoms with van der Waals surface area (Å²) in [6.07, 6.45) is 1.86. The maximum absolute atomic E-state index is 11.9. The number of ether oxygens (including phenoxy) is 1. The Hall–Kier alpha value is -1.79. The minimum atomic E-state index is -0.596. The summed E-state index contributed by atoms with van der Waals surface area (Å²) in [5.74, 6) is -0.753. The Balaban J connectivity index is 1.90. The molecule has 7 heteroatoms. The van der Waals surface area contributed by atoms with Crippen molar-refractivity contribution in [1.29, 1.82) is 0 Å². The minimum Gasteiger partial charge on any atom is -0.379 e. The molecule has 1 atom stereocenters. The van der Waals surface area contributed by atoms with Crippen molar-refractivity contribution in [3.05, 3.63) is 28.8 Å². The normalized spacial score (nSPS) is 18.0. The van der Waals surface area contributed by atoms with Crippen molar-refractivity contribution in [2.75, 3.05) is 25.1 Å². The van der Waals surface area contributed by atoms with Crippen LogP contribution in [0.1, 0.15) is 23.2 Å². The second kappa shape index (κ2) is 7.28. The van der Waals surface area contributed by atoms with E-state index < -0.39 is 5.91 Å². The van der Waals surface area contributed by atoms with Gasteiger partial charge in [-0.15, -0.1) is 0 Å². The number of amides is 2. The molecule has 0 saturated carbocycles. The van der Waals surface area contributed by atoms with Gasteiger partial charge in [-0.1, -0.05) is 11.6 Å². The van der Waals surface area contributed by atoms with Gasteiger partial charge in [-0.05, 0) is 31.0 Å². The van der Waals surface area contributed by atoms with E-state index in [1.165, 1.54) is 6.07 Å². The molecule has 0 radical (unpaired) electrons. The van der Waals surface area contributed by atoms with Crippen molar-refractivity contribution in [3.8, 4) is 0 Å². The van der Waals surface area contributed by atoms with Gasteiger partial charge >= 0.3 is 0 Å². The van der Waals surface area contributed by atoms with Crippen LogP contribution in [0.15, 0.2) is 18.2 Å². The summed E-state index contributed by atoms with van der Waals surface area (Å²) in [6.45, 7) is 1.34. The third-order valence-corrected chi connectivity index (χ3v) is 3.45. The summed E-state index contributed by atoms with van der Waals surface area (Å²) < 4.78 is 5.30. The number of nitrogens with one attached hydrogen (secondary N) is 2. The number of nitrogens with two attached hydrogens (primary N) is 1. The van der Waals surface area contributed by atoms with E-state index in [0.29, 0.717) is 17.3 Å². The zero-order chi connectivity index (χ0) is 15.2. The summed E-state index contributed by atoms with van der Waals surface area (Å²) in [6, 6.07) is 4.77. The lowest BCUT2D eigenvalue weighted by molar-refractivity contribution is -0.121. The van der Waals surface area contributed by atoms with Crippen LogP contribution in [0.5, 0.6) is 0 Å². The van der Waals surface area contributed by atoms with Crippen LogP contribution in [0.4, 0.5) is 5.69 Å². The maximum atomic E-state index is 11.9. The molecule has 1 aromatic carbocycles. The molecule has 114 valence electrons. The van der Waals surface area contributed by atoms with Crippen molar-refractivity contribution in [3.63, 3.8) is 0 Å². The molecule has 1 aliphatic heterocycles. The Kier molecular flexibility index (Phi) is 5.41. The SMILES string of the molecule is NC(=O)c1cc(Cl)ccc1NCC(=O)NC1CCCOC1. The number of halogens is 1. The van der Waals surface area contributed by atoms with Gasteiger partial charge < -0.3 is 21.1 Å². The molecule has 2 amide bonds. The summed E-state index contributed by atoms with van der Waals surface area (Å²) >= 11 is 5.82. The van der Waals surface area contributed by atoms with Gasteiger partial charge in [0.1, 0.15) is 0 Å². The van der Waals surface area contributed by atoms with Gasteiger partial charge in [-0.3, -0.25) is 9.59 Å². The predicted molar refractivity (Wildman–Crippen MR) is 80.4 cm³/mol. The zero-order valence-corrected chi connectivity index (χ0v) is 12.3. The highest BCUT2D eigenvalue weighted by molar-refractivity contribution is 6.31. The topological polar surface area (TPSA) is 93.5 Å². The van der Waals surface area contributed by atoms with Crippen LogP contribution >= 0.6 is 11.6 Å². The lowest BCUT2D eigenvalue weighted by Gasteiger charge is -2.23. The fourth-order valence-corrected chi connectivity index (χ4v) is 2.36. The number of rotatable bonds is 5. The van der Waals surface area contributed by atoms with Gasteiger partial charge in [0.05, 0.1) is 24.8 Å². The van der Waals surface area contributed by atoms with Crippen molar-refractivity contribution in [1.82, 2.24) is 5.32 Å². The van der Waals surface area contributed by atoms with Gasteiger partial charge in [0, 0.05) is 17.3 Å². The monoisotopic (exact) mass is 311 g/mol.